The monoisotopic (exact) mass is 445 g/mol. The maximum atomic E-state index is 13.3. The number of nitrogens with zero attached hydrogens (tertiary/aromatic N) is 3. The van der Waals surface area contributed by atoms with Gasteiger partial charge in [0.25, 0.3) is 0 Å². The predicted octanol–water partition coefficient (Wildman–Crippen LogP) is 2.82. The van der Waals surface area contributed by atoms with Crippen molar-refractivity contribution in [2.24, 2.45) is 0 Å². The first-order valence-corrected chi connectivity index (χ1v) is 12.2. The average molecular weight is 446 g/mol. The van der Waals surface area contributed by atoms with Gasteiger partial charge >= 0.3 is 0 Å². The third-order valence-corrected chi connectivity index (χ3v) is 6.92. The number of anilines is 2. The van der Waals surface area contributed by atoms with E-state index in [1.54, 1.807) is 18.9 Å². The Kier molecular flexibility index (Phi) is 6.79. The van der Waals surface area contributed by atoms with Gasteiger partial charge in [-0.3, -0.25) is 9.10 Å². The van der Waals surface area contributed by atoms with Crippen molar-refractivity contribution >= 4 is 27.3 Å². The van der Waals surface area contributed by atoms with E-state index in [1.807, 2.05) is 56.3 Å². The second-order valence-electron chi connectivity index (χ2n) is 8.04. The van der Waals surface area contributed by atoms with Crippen LogP contribution < -0.4 is 13.9 Å². The third kappa shape index (κ3) is 5.12. The summed E-state index contributed by atoms with van der Waals surface area (Å²) in [6.45, 7) is 7.90. The molecule has 1 aliphatic rings. The molecule has 0 N–H and O–H groups in total. The van der Waals surface area contributed by atoms with Crippen LogP contribution in [0.1, 0.15) is 18.1 Å². The lowest BCUT2D eigenvalue weighted by Gasteiger charge is -2.39. The summed E-state index contributed by atoms with van der Waals surface area (Å²) in [5.74, 6) is 0.624. The Morgan fingerprint density at radius 1 is 1.03 bits per heavy atom. The number of rotatable bonds is 6. The minimum atomic E-state index is -3.64. The van der Waals surface area contributed by atoms with E-state index >= 15 is 0 Å². The van der Waals surface area contributed by atoms with Crippen molar-refractivity contribution in [2.45, 2.75) is 26.8 Å². The first-order valence-electron chi connectivity index (χ1n) is 10.4. The fraction of sp³-hybridized carbons (Fsp3) is 0.435. The first kappa shape index (κ1) is 22.9. The fourth-order valence-electron chi connectivity index (χ4n) is 3.97. The molecule has 8 heteroatoms. The van der Waals surface area contributed by atoms with Gasteiger partial charge in [0.1, 0.15) is 11.8 Å². The number of carbonyl (C=O) groups is 1. The van der Waals surface area contributed by atoms with Gasteiger partial charge in [-0.15, -0.1) is 0 Å². The number of aryl methyl sites for hydroxylation is 2. The Balaban J connectivity index is 1.74. The van der Waals surface area contributed by atoms with Crippen LogP contribution in [-0.4, -0.2) is 64.8 Å². The summed E-state index contributed by atoms with van der Waals surface area (Å²) >= 11 is 0. The number of hydrogen-bond donors (Lipinski definition) is 0. The molecule has 2 aromatic carbocycles. The molecule has 1 saturated heterocycles. The van der Waals surface area contributed by atoms with Gasteiger partial charge < -0.3 is 14.5 Å². The minimum absolute atomic E-state index is 0.180. The molecule has 7 nitrogen and oxygen atoms in total. The molecule has 1 amide bonds. The van der Waals surface area contributed by atoms with Crippen molar-refractivity contribution in [3.05, 3.63) is 53.6 Å². The van der Waals surface area contributed by atoms with E-state index in [9.17, 15) is 13.2 Å². The van der Waals surface area contributed by atoms with Gasteiger partial charge in [0.2, 0.25) is 15.9 Å². The van der Waals surface area contributed by atoms with E-state index in [4.69, 9.17) is 4.74 Å². The Morgan fingerprint density at radius 2 is 1.65 bits per heavy atom. The lowest BCUT2D eigenvalue weighted by atomic mass is 10.1. The summed E-state index contributed by atoms with van der Waals surface area (Å²) in [4.78, 5) is 17.2. The zero-order valence-corrected chi connectivity index (χ0v) is 19.6. The number of benzene rings is 2. The van der Waals surface area contributed by atoms with E-state index < -0.39 is 16.1 Å². The van der Waals surface area contributed by atoms with E-state index in [0.717, 1.165) is 28.8 Å². The summed E-state index contributed by atoms with van der Waals surface area (Å²) in [6, 6.07) is 12.7. The van der Waals surface area contributed by atoms with Gasteiger partial charge in [-0.25, -0.2) is 8.42 Å². The Labute approximate surface area is 185 Å². The number of sulfonamides is 1. The van der Waals surface area contributed by atoms with E-state index in [2.05, 4.69) is 4.90 Å². The quantitative estimate of drug-likeness (QED) is 0.684. The van der Waals surface area contributed by atoms with Gasteiger partial charge in [-0.05, 0) is 62.2 Å². The van der Waals surface area contributed by atoms with Gasteiger partial charge in [-0.2, -0.15) is 0 Å². The highest BCUT2D eigenvalue weighted by molar-refractivity contribution is 7.92. The standard InChI is InChI=1S/C23H31N3O4S/c1-17-6-7-18(2)22(16-17)26(31(5,28)29)19(3)23(27)25-14-12-24(13-15-25)20-8-10-21(30-4)11-9-20/h6-11,16,19H,12-15H2,1-5H3/t19-/m0/s1. The second-order valence-corrected chi connectivity index (χ2v) is 9.89. The molecule has 0 bridgehead atoms. The Bertz CT molecular complexity index is 1030. The number of amides is 1. The molecule has 0 saturated carbocycles. The molecule has 0 radical (unpaired) electrons. The van der Waals surface area contributed by atoms with Crippen LogP contribution in [-0.2, 0) is 14.8 Å². The maximum Gasteiger partial charge on any atom is 0.246 e. The van der Waals surface area contributed by atoms with Crippen molar-refractivity contribution in [1.82, 2.24) is 4.90 Å². The highest BCUT2D eigenvalue weighted by Gasteiger charge is 2.34. The molecule has 0 aromatic heterocycles. The average Bonchev–Trinajstić information content (AvgIpc) is 2.75. The minimum Gasteiger partial charge on any atom is -0.497 e. The van der Waals surface area contributed by atoms with Crippen LogP contribution in [0.5, 0.6) is 5.75 Å². The van der Waals surface area contributed by atoms with Crippen LogP contribution in [0.15, 0.2) is 42.5 Å². The molecule has 3 rings (SSSR count). The smallest absolute Gasteiger partial charge is 0.246 e. The first-order chi connectivity index (χ1) is 14.6. The van der Waals surface area contributed by atoms with Crippen molar-refractivity contribution in [1.29, 1.82) is 0 Å². The number of hydrogen-bond acceptors (Lipinski definition) is 5. The van der Waals surface area contributed by atoms with Crippen LogP contribution >= 0.6 is 0 Å². The largest absolute Gasteiger partial charge is 0.497 e. The topological polar surface area (TPSA) is 70.2 Å². The number of carbonyl (C=O) groups excluding carboxylic acids is 1. The summed E-state index contributed by atoms with van der Waals surface area (Å²) < 4.78 is 31.8. The zero-order chi connectivity index (χ0) is 22.8. The molecule has 31 heavy (non-hydrogen) atoms. The van der Waals surface area contributed by atoms with Crippen molar-refractivity contribution in [3.8, 4) is 5.75 Å². The number of methoxy groups -OCH3 is 1. The van der Waals surface area contributed by atoms with Gasteiger partial charge in [0.15, 0.2) is 0 Å². The van der Waals surface area contributed by atoms with Crippen LogP contribution in [0.4, 0.5) is 11.4 Å². The summed E-state index contributed by atoms with van der Waals surface area (Å²) in [5.41, 5.74) is 3.40. The number of ether oxygens (including phenoxy) is 1. The van der Waals surface area contributed by atoms with Crippen LogP contribution in [0.25, 0.3) is 0 Å². The third-order valence-electron chi connectivity index (χ3n) is 5.70. The molecule has 2 aromatic rings. The van der Waals surface area contributed by atoms with E-state index in [0.29, 0.717) is 31.9 Å². The molecule has 1 atom stereocenters. The Hall–Kier alpha value is -2.74. The van der Waals surface area contributed by atoms with Gasteiger partial charge in [-0.1, -0.05) is 12.1 Å². The molecular weight excluding hydrogens is 414 g/mol. The lowest BCUT2D eigenvalue weighted by Crippen LogP contribution is -2.55. The second kappa shape index (κ2) is 9.18. The predicted molar refractivity (Wildman–Crippen MR) is 124 cm³/mol. The molecule has 0 spiro atoms. The summed E-state index contributed by atoms with van der Waals surface area (Å²) in [5, 5.41) is 0. The normalized spacial score (nSPS) is 15.5. The van der Waals surface area contributed by atoms with Crippen LogP contribution in [0.2, 0.25) is 0 Å². The van der Waals surface area contributed by atoms with Crippen molar-refractivity contribution in [3.63, 3.8) is 0 Å². The molecule has 0 unspecified atom stereocenters. The molecular formula is C23H31N3O4S. The molecule has 0 aliphatic carbocycles. The molecule has 168 valence electrons. The van der Waals surface area contributed by atoms with Crippen molar-refractivity contribution in [2.75, 3.05) is 48.7 Å². The lowest BCUT2D eigenvalue weighted by molar-refractivity contribution is -0.132. The maximum absolute atomic E-state index is 13.3. The van der Waals surface area contributed by atoms with E-state index in [-0.39, 0.29) is 5.91 Å². The fourth-order valence-corrected chi connectivity index (χ4v) is 5.19. The summed E-state index contributed by atoms with van der Waals surface area (Å²) in [7, 11) is -2.00. The Morgan fingerprint density at radius 3 is 2.19 bits per heavy atom. The summed E-state index contributed by atoms with van der Waals surface area (Å²) in [6.07, 6.45) is 1.15. The molecule has 1 fully saturated rings. The van der Waals surface area contributed by atoms with Crippen molar-refractivity contribution < 1.29 is 17.9 Å². The van der Waals surface area contributed by atoms with E-state index in [1.165, 1.54) is 4.31 Å². The number of piperazine rings is 1. The molecule has 1 heterocycles. The van der Waals surface area contributed by atoms with Gasteiger partial charge in [0.05, 0.1) is 19.1 Å². The van der Waals surface area contributed by atoms with Crippen LogP contribution in [0.3, 0.4) is 0 Å². The molecule has 1 aliphatic heterocycles. The van der Waals surface area contributed by atoms with Gasteiger partial charge in [0, 0.05) is 31.9 Å². The highest BCUT2D eigenvalue weighted by Crippen LogP contribution is 2.27. The van der Waals surface area contributed by atoms with Crippen LogP contribution in [0, 0.1) is 13.8 Å². The highest BCUT2D eigenvalue weighted by atomic mass is 32.2. The zero-order valence-electron chi connectivity index (χ0n) is 18.8. The SMILES string of the molecule is COc1ccc(N2CCN(C(=O)[C@H](C)N(c3cc(C)ccc3C)S(C)(=O)=O)CC2)cc1.